The molecule has 4 nitrogen and oxygen atoms in total. The van der Waals surface area contributed by atoms with Gasteiger partial charge in [0.2, 0.25) is 12.2 Å². The monoisotopic (exact) mass is 165 g/mol. The molecule has 60 valence electrons. The van der Waals surface area contributed by atoms with Crippen LogP contribution < -0.4 is 0 Å². The third-order valence-electron chi connectivity index (χ3n) is 1.33. The third kappa shape index (κ3) is 1.05. The molecular weight excluding hydrogens is 161 g/mol. The number of hydrogen-bond acceptors (Lipinski definition) is 4. The molecule has 0 radical (unpaired) electrons. The smallest absolute Gasteiger partial charge is 0.223 e. The molecule has 12 heavy (non-hydrogen) atoms. The number of rotatable bonds is 1. The van der Waals surface area contributed by atoms with Crippen molar-refractivity contribution in [2.24, 2.45) is 0 Å². The Hall–Kier alpha value is -1.78. The van der Waals surface area contributed by atoms with Crippen molar-refractivity contribution in [3.05, 3.63) is 30.5 Å². The van der Waals surface area contributed by atoms with E-state index in [9.17, 15) is 4.39 Å². The average molecular weight is 165 g/mol. The molecule has 0 unspecified atom stereocenters. The Labute approximate surface area is 67.1 Å². The highest BCUT2D eigenvalue weighted by Gasteiger charge is 2.09. The van der Waals surface area contributed by atoms with Crippen LogP contribution in [0.2, 0.25) is 0 Å². The fourth-order valence-corrected chi connectivity index (χ4v) is 0.825. The van der Waals surface area contributed by atoms with Crippen LogP contribution in [0.3, 0.4) is 0 Å². The number of hydrogen-bond donors (Lipinski definition) is 0. The minimum absolute atomic E-state index is 0.103. The SMILES string of the molecule is Fc1cccnc1-c1ncon1. The first-order chi connectivity index (χ1) is 5.88. The number of halogens is 1. The van der Waals surface area contributed by atoms with Crippen LogP contribution in [0.5, 0.6) is 0 Å². The van der Waals surface area contributed by atoms with Crippen LogP contribution in [0.25, 0.3) is 11.5 Å². The van der Waals surface area contributed by atoms with Crippen LogP contribution in [0.15, 0.2) is 29.2 Å². The summed E-state index contributed by atoms with van der Waals surface area (Å²) in [6, 6.07) is 2.79. The number of nitrogens with zero attached hydrogens (tertiary/aromatic N) is 3. The average Bonchev–Trinajstić information content (AvgIpc) is 2.57. The third-order valence-corrected chi connectivity index (χ3v) is 1.33. The predicted molar refractivity (Wildman–Crippen MR) is 37.5 cm³/mol. The van der Waals surface area contributed by atoms with E-state index in [1.165, 1.54) is 18.3 Å². The van der Waals surface area contributed by atoms with Crippen molar-refractivity contribution >= 4 is 0 Å². The number of aromatic nitrogens is 3. The maximum absolute atomic E-state index is 13.0. The van der Waals surface area contributed by atoms with Gasteiger partial charge in [-0.25, -0.2) is 9.37 Å². The van der Waals surface area contributed by atoms with Gasteiger partial charge in [0.1, 0.15) is 5.69 Å². The van der Waals surface area contributed by atoms with E-state index in [1.807, 2.05) is 0 Å². The zero-order valence-corrected chi connectivity index (χ0v) is 5.94. The van der Waals surface area contributed by atoms with Gasteiger partial charge in [-0.2, -0.15) is 4.98 Å². The Kier molecular flexibility index (Phi) is 1.55. The predicted octanol–water partition coefficient (Wildman–Crippen LogP) is 1.27. The van der Waals surface area contributed by atoms with Gasteiger partial charge in [0.25, 0.3) is 0 Å². The molecule has 0 amide bonds. The van der Waals surface area contributed by atoms with Gasteiger partial charge < -0.3 is 4.52 Å². The molecule has 0 aliphatic carbocycles. The van der Waals surface area contributed by atoms with Gasteiger partial charge in [0.15, 0.2) is 5.82 Å². The highest BCUT2D eigenvalue weighted by molar-refractivity contribution is 5.47. The Balaban J connectivity index is 2.55. The molecule has 2 aromatic heterocycles. The van der Waals surface area contributed by atoms with Gasteiger partial charge >= 0.3 is 0 Å². The Morgan fingerprint density at radius 1 is 1.33 bits per heavy atom. The first-order valence-electron chi connectivity index (χ1n) is 3.25. The van der Waals surface area contributed by atoms with Gasteiger partial charge in [-0.3, -0.25) is 0 Å². The second-order valence-electron chi connectivity index (χ2n) is 2.09. The van der Waals surface area contributed by atoms with Crippen molar-refractivity contribution < 1.29 is 8.91 Å². The highest BCUT2D eigenvalue weighted by atomic mass is 19.1. The van der Waals surface area contributed by atoms with Crippen LogP contribution in [-0.4, -0.2) is 15.1 Å². The molecule has 2 aromatic rings. The van der Waals surface area contributed by atoms with Crippen molar-refractivity contribution in [3.63, 3.8) is 0 Å². The van der Waals surface area contributed by atoms with E-state index in [4.69, 9.17) is 0 Å². The van der Waals surface area contributed by atoms with E-state index in [1.54, 1.807) is 0 Å². The molecule has 5 heteroatoms. The van der Waals surface area contributed by atoms with Crippen molar-refractivity contribution in [2.45, 2.75) is 0 Å². The van der Waals surface area contributed by atoms with E-state index in [0.29, 0.717) is 0 Å². The van der Waals surface area contributed by atoms with Crippen LogP contribution in [-0.2, 0) is 0 Å². The molecule has 0 aliphatic rings. The summed E-state index contributed by atoms with van der Waals surface area (Å²) >= 11 is 0. The van der Waals surface area contributed by atoms with Crippen molar-refractivity contribution in [1.82, 2.24) is 15.1 Å². The lowest BCUT2D eigenvalue weighted by molar-refractivity contribution is 0.418. The molecule has 0 aromatic carbocycles. The summed E-state index contributed by atoms with van der Waals surface area (Å²) in [6.07, 6.45) is 2.60. The topological polar surface area (TPSA) is 51.8 Å². The molecule has 0 N–H and O–H groups in total. The van der Waals surface area contributed by atoms with Gasteiger partial charge in [0.05, 0.1) is 0 Å². The molecule has 0 saturated heterocycles. The first-order valence-corrected chi connectivity index (χ1v) is 3.25. The molecular formula is C7H4FN3O. The Morgan fingerprint density at radius 2 is 2.25 bits per heavy atom. The van der Waals surface area contributed by atoms with Crippen molar-refractivity contribution in [1.29, 1.82) is 0 Å². The molecule has 0 bridgehead atoms. The maximum atomic E-state index is 13.0. The second kappa shape index (κ2) is 2.69. The standard InChI is InChI=1S/C7H4FN3O/c8-5-2-1-3-9-6(5)7-10-4-12-11-7/h1-4H. The Bertz CT molecular complexity index is 374. The van der Waals surface area contributed by atoms with E-state index in [0.717, 1.165) is 6.39 Å². The molecule has 2 rings (SSSR count). The van der Waals surface area contributed by atoms with Crippen LogP contribution in [0, 0.1) is 5.82 Å². The van der Waals surface area contributed by atoms with Gasteiger partial charge in [-0.05, 0) is 12.1 Å². The van der Waals surface area contributed by atoms with Crippen molar-refractivity contribution in [3.8, 4) is 11.5 Å². The van der Waals surface area contributed by atoms with Crippen LogP contribution >= 0.6 is 0 Å². The van der Waals surface area contributed by atoms with Crippen LogP contribution in [0.1, 0.15) is 0 Å². The summed E-state index contributed by atoms with van der Waals surface area (Å²) < 4.78 is 17.4. The maximum Gasteiger partial charge on any atom is 0.223 e. The lowest BCUT2D eigenvalue weighted by Gasteiger charge is -1.92. The molecule has 0 saturated carbocycles. The summed E-state index contributed by atoms with van der Waals surface area (Å²) in [4.78, 5) is 7.43. The summed E-state index contributed by atoms with van der Waals surface area (Å²) in [5, 5.41) is 3.46. The zero-order chi connectivity index (χ0) is 8.39. The van der Waals surface area contributed by atoms with E-state index < -0.39 is 5.82 Å². The Morgan fingerprint density at radius 3 is 2.92 bits per heavy atom. The van der Waals surface area contributed by atoms with Crippen LogP contribution in [0.4, 0.5) is 4.39 Å². The molecule has 0 fully saturated rings. The van der Waals surface area contributed by atoms with E-state index in [2.05, 4.69) is 19.6 Å². The minimum Gasteiger partial charge on any atom is -0.342 e. The zero-order valence-electron chi connectivity index (χ0n) is 5.94. The van der Waals surface area contributed by atoms with E-state index >= 15 is 0 Å². The number of pyridine rings is 1. The molecule has 2 heterocycles. The first kappa shape index (κ1) is 6.90. The van der Waals surface area contributed by atoms with Gasteiger partial charge in [0, 0.05) is 6.20 Å². The molecule has 0 atom stereocenters. The summed E-state index contributed by atoms with van der Waals surface area (Å²) in [5.41, 5.74) is 0.103. The van der Waals surface area contributed by atoms with E-state index in [-0.39, 0.29) is 11.5 Å². The lowest BCUT2D eigenvalue weighted by Crippen LogP contribution is -1.89. The largest absolute Gasteiger partial charge is 0.342 e. The molecule has 0 spiro atoms. The minimum atomic E-state index is -0.459. The quantitative estimate of drug-likeness (QED) is 0.638. The fourth-order valence-electron chi connectivity index (χ4n) is 0.825. The normalized spacial score (nSPS) is 10.1. The fraction of sp³-hybridized carbons (Fsp3) is 0. The molecule has 0 aliphatic heterocycles. The van der Waals surface area contributed by atoms with Gasteiger partial charge in [-0.1, -0.05) is 5.16 Å². The van der Waals surface area contributed by atoms with Crippen molar-refractivity contribution in [2.75, 3.05) is 0 Å². The van der Waals surface area contributed by atoms with Gasteiger partial charge in [-0.15, -0.1) is 0 Å². The highest BCUT2D eigenvalue weighted by Crippen LogP contribution is 2.13. The summed E-state index contributed by atoms with van der Waals surface area (Å²) in [7, 11) is 0. The summed E-state index contributed by atoms with van der Waals surface area (Å²) in [6.45, 7) is 0. The second-order valence-corrected chi connectivity index (χ2v) is 2.09. The lowest BCUT2D eigenvalue weighted by atomic mass is 10.3. The summed E-state index contributed by atoms with van der Waals surface area (Å²) in [5.74, 6) is -0.299.